The van der Waals surface area contributed by atoms with Crippen molar-refractivity contribution in [3.8, 4) is 5.75 Å². The number of hydrogen-bond acceptors (Lipinski definition) is 3. The summed E-state index contributed by atoms with van der Waals surface area (Å²) >= 11 is 6.25. The first-order valence-electron chi connectivity index (χ1n) is 11.8. The lowest BCUT2D eigenvalue weighted by Crippen LogP contribution is -2.35. The minimum atomic E-state index is -1.08. The first-order valence-corrected chi connectivity index (χ1v) is 12.2. The van der Waals surface area contributed by atoms with Crippen molar-refractivity contribution in [3.05, 3.63) is 99.6 Å². The molecular weight excluding hydrogens is 462 g/mol. The van der Waals surface area contributed by atoms with Gasteiger partial charge in [0, 0.05) is 30.0 Å². The van der Waals surface area contributed by atoms with Crippen LogP contribution in [0.2, 0.25) is 5.02 Å². The molecule has 0 aliphatic carbocycles. The van der Waals surface area contributed by atoms with E-state index in [0.29, 0.717) is 28.5 Å². The number of nitrogens with zero attached hydrogens (tertiary/aromatic N) is 1. The monoisotopic (exact) mass is 491 g/mol. The lowest BCUT2D eigenvalue weighted by atomic mass is 9.90. The van der Waals surface area contributed by atoms with Crippen molar-refractivity contribution in [2.24, 2.45) is 0 Å². The number of carbonyl (C=O) groups excluding carboxylic acids is 1. The van der Waals surface area contributed by atoms with Crippen LogP contribution in [0.15, 0.2) is 66.7 Å². The second kappa shape index (κ2) is 10.1. The van der Waals surface area contributed by atoms with Gasteiger partial charge in [-0.3, -0.25) is 9.59 Å². The molecule has 6 heteroatoms. The van der Waals surface area contributed by atoms with Gasteiger partial charge in [-0.2, -0.15) is 0 Å². The third-order valence-electron chi connectivity index (χ3n) is 6.39. The Kier molecular flexibility index (Phi) is 7.18. The summed E-state index contributed by atoms with van der Waals surface area (Å²) in [5, 5.41) is 9.89. The normalized spacial score (nSPS) is 16.6. The van der Waals surface area contributed by atoms with Crippen molar-refractivity contribution in [2.75, 3.05) is 6.54 Å². The Morgan fingerprint density at radius 1 is 1.09 bits per heavy atom. The van der Waals surface area contributed by atoms with Crippen molar-refractivity contribution < 1.29 is 19.4 Å². The van der Waals surface area contributed by atoms with Crippen molar-refractivity contribution in [2.45, 2.75) is 51.7 Å². The average molecular weight is 492 g/mol. The standard InChI is InChI=1S/C29H30ClNO4/c1-19(2)21-10-8-20(9-11-21)15-29(3)16-24-14-22(12-13-26(24)35-29)28(34)31(18-27(32)33)17-23-6-4-5-7-25(23)30/h4-14,19H,15-18H2,1-3H3,(H,32,33). The Morgan fingerprint density at radius 2 is 1.80 bits per heavy atom. The van der Waals surface area contributed by atoms with Crippen LogP contribution in [0.4, 0.5) is 0 Å². The van der Waals surface area contributed by atoms with E-state index in [1.54, 1.807) is 24.3 Å². The molecule has 1 aliphatic heterocycles. The zero-order chi connectivity index (χ0) is 25.2. The van der Waals surface area contributed by atoms with Gasteiger partial charge in [-0.1, -0.05) is 67.9 Å². The zero-order valence-electron chi connectivity index (χ0n) is 20.3. The maximum atomic E-state index is 13.3. The van der Waals surface area contributed by atoms with Gasteiger partial charge in [-0.25, -0.2) is 0 Å². The van der Waals surface area contributed by atoms with E-state index in [2.05, 4.69) is 45.0 Å². The summed E-state index contributed by atoms with van der Waals surface area (Å²) in [5.41, 5.74) is 4.18. The van der Waals surface area contributed by atoms with Gasteiger partial charge in [0.15, 0.2) is 0 Å². The molecule has 0 saturated heterocycles. The first-order chi connectivity index (χ1) is 16.6. The smallest absolute Gasteiger partial charge is 0.323 e. The molecule has 3 aromatic rings. The Labute approximate surface area is 211 Å². The molecule has 1 N–H and O–H groups in total. The number of carbonyl (C=O) groups is 2. The van der Waals surface area contributed by atoms with Crippen LogP contribution in [0, 0.1) is 0 Å². The second-order valence-corrected chi connectivity index (χ2v) is 10.2. The third-order valence-corrected chi connectivity index (χ3v) is 6.75. The van der Waals surface area contributed by atoms with Gasteiger partial charge < -0.3 is 14.7 Å². The van der Waals surface area contributed by atoms with Crippen LogP contribution in [0.5, 0.6) is 5.75 Å². The molecule has 0 fully saturated rings. The van der Waals surface area contributed by atoms with E-state index in [1.807, 2.05) is 18.2 Å². The molecule has 0 radical (unpaired) electrons. The minimum Gasteiger partial charge on any atom is -0.487 e. The van der Waals surface area contributed by atoms with E-state index in [-0.39, 0.29) is 12.5 Å². The summed E-state index contributed by atoms with van der Waals surface area (Å²) in [6.45, 7) is 6.14. The van der Waals surface area contributed by atoms with E-state index in [4.69, 9.17) is 16.3 Å². The highest BCUT2D eigenvalue weighted by atomic mass is 35.5. The van der Waals surface area contributed by atoms with Gasteiger partial charge in [-0.05, 0) is 59.4 Å². The molecule has 0 spiro atoms. The molecule has 1 aliphatic rings. The van der Waals surface area contributed by atoms with Gasteiger partial charge in [0.1, 0.15) is 17.9 Å². The Balaban J connectivity index is 1.51. The van der Waals surface area contributed by atoms with E-state index in [1.165, 1.54) is 16.0 Å². The van der Waals surface area contributed by atoms with Gasteiger partial charge >= 0.3 is 5.97 Å². The molecule has 0 bridgehead atoms. The Morgan fingerprint density at radius 3 is 2.46 bits per heavy atom. The van der Waals surface area contributed by atoms with Gasteiger partial charge in [0.25, 0.3) is 5.91 Å². The molecule has 3 aromatic carbocycles. The molecule has 1 amide bonds. The summed E-state index contributed by atoms with van der Waals surface area (Å²) in [6, 6.07) is 21.1. The fourth-order valence-electron chi connectivity index (χ4n) is 4.58. The van der Waals surface area contributed by atoms with E-state index in [0.717, 1.165) is 17.7 Å². The fraction of sp³-hybridized carbons (Fsp3) is 0.310. The number of aliphatic carboxylic acids is 1. The SMILES string of the molecule is CC(C)c1ccc(CC2(C)Cc3cc(C(=O)N(CC(=O)O)Cc4ccccc4Cl)ccc3O2)cc1. The van der Waals surface area contributed by atoms with E-state index < -0.39 is 18.1 Å². The maximum absolute atomic E-state index is 13.3. The van der Waals surface area contributed by atoms with Crippen molar-refractivity contribution in [3.63, 3.8) is 0 Å². The predicted molar refractivity (Wildman–Crippen MR) is 137 cm³/mol. The number of benzene rings is 3. The predicted octanol–water partition coefficient (Wildman–Crippen LogP) is 6.13. The van der Waals surface area contributed by atoms with Crippen LogP contribution in [0.1, 0.15) is 59.3 Å². The summed E-state index contributed by atoms with van der Waals surface area (Å²) in [7, 11) is 0. The lowest BCUT2D eigenvalue weighted by Gasteiger charge is -2.24. The number of rotatable bonds is 8. The second-order valence-electron chi connectivity index (χ2n) is 9.77. The molecule has 1 atom stereocenters. The maximum Gasteiger partial charge on any atom is 0.323 e. The topological polar surface area (TPSA) is 66.8 Å². The van der Waals surface area contributed by atoms with Crippen LogP contribution >= 0.6 is 11.6 Å². The summed E-state index contributed by atoms with van der Waals surface area (Å²) < 4.78 is 6.31. The third kappa shape index (κ3) is 5.85. The van der Waals surface area contributed by atoms with Crippen LogP contribution in [-0.2, 0) is 24.2 Å². The Bertz CT molecular complexity index is 1240. The molecule has 0 aromatic heterocycles. The number of halogens is 1. The van der Waals surface area contributed by atoms with Gasteiger partial charge in [-0.15, -0.1) is 0 Å². The molecule has 182 valence electrons. The zero-order valence-corrected chi connectivity index (χ0v) is 21.0. The van der Waals surface area contributed by atoms with Crippen molar-refractivity contribution in [1.29, 1.82) is 0 Å². The van der Waals surface area contributed by atoms with E-state index in [9.17, 15) is 14.7 Å². The molecule has 0 saturated carbocycles. The van der Waals surface area contributed by atoms with Crippen molar-refractivity contribution >= 4 is 23.5 Å². The number of amides is 1. The Hall–Kier alpha value is -3.31. The molecule has 5 nitrogen and oxygen atoms in total. The number of fused-ring (bicyclic) bond motifs is 1. The van der Waals surface area contributed by atoms with Crippen LogP contribution in [0.25, 0.3) is 0 Å². The minimum absolute atomic E-state index is 0.114. The van der Waals surface area contributed by atoms with Crippen LogP contribution in [-0.4, -0.2) is 34.0 Å². The fourth-order valence-corrected chi connectivity index (χ4v) is 4.78. The molecule has 4 rings (SSSR count). The molecular formula is C29H30ClNO4. The largest absolute Gasteiger partial charge is 0.487 e. The van der Waals surface area contributed by atoms with Crippen molar-refractivity contribution in [1.82, 2.24) is 4.90 Å². The number of hydrogen-bond donors (Lipinski definition) is 1. The summed E-state index contributed by atoms with van der Waals surface area (Å²) in [6.07, 6.45) is 1.42. The van der Waals surface area contributed by atoms with Crippen LogP contribution < -0.4 is 4.74 Å². The van der Waals surface area contributed by atoms with E-state index >= 15 is 0 Å². The highest BCUT2D eigenvalue weighted by molar-refractivity contribution is 6.31. The number of carboxylic acid groups (broad SMARTS) is 1. The quantitative estimate of drug-likeness (QED) is 0.412. The first kappa shape index (κ1) is 24.8. The van der Waals surface area contributed by atoms with Crippen LogP contribution in [0.3, 0.4) is 0 Å². The molecule has 1 unspecified atom stereocenters. The summed E-state index contributed by atoms with van der Waals surface area (Å²) in [5.74, 6) is -0.182. The van der Waals surface area contributed by atoms with Gasteiger partial charge in [0.2, 0.25) is 0 Å². The highest BCUT2D eigenvalue weighted by Gasteiger charge is 2.35. The average Bonchev–Trinajstić information content (AvgIpc) is 3.14. The molecule has 35 heavy (non-hydrogen) atoms. The van der Waals surface area contributed by atoms with Gasteiger partial charge in [0.05, 0.1) is 0 Å². The number of carboxylic acids is 1. The number of ether oxygens (including phenoxy) is 1. The lowest BCUT2D eigenvalue weighted by molar-refractivity contribution is -0.137. The highest BCUT2D eigenvalue weighted by Crippen LogP contribution is 2.38. The molecule has 1 heterocycles. The summed E-state index contributed by atoms with van der Waals surface area (Å²) in [4.78, 5) is 26.1.